The van der Waals surface area contributed by atoms with Crippen LogP contribution in [0.5, 0.6) is 0 Å². The van der Waals surface area contributed by atoms with E-state index >= 15 is 0 Å². The molecular weight excluding hydrogens is 244 g/mol. The largest absolute Gasteiger partial charge is 0.301 e. The number of hydrogen-bond donors (Lipinski definition) is 0. The molecule has 0 aliphatic heterocycles. The summed E-state index contributed by atoms with van der Waals surface area (Å²) in [7, 11) is 0. The van der Waals surface area contributed by atoms with Gasteiger partial charge in [0.25, 0.3) is 0 Å². The van der Waals surface area contributed by atoms with E-state index < -0.39 is 17.8 Å². The van der Waals surface area contributed by atoms with E-state index in [2.05, 4.69) is 0 Å². The molecule has 0 aliphatic rings. The number of rotatable bonds is 2. The van der Waals surface area contributed by atoms with Gasteiger partial charge in [-0.15, -0.1) is 0 Å². The summed E-state index contributed by atoms with van der Waals surface area (Å²) < 4.78 is 35.2. The summed E-state index contributed by atoms with van der Waals surface area (Å²) in [5.74, 6) is -1.94. The van der Waals surface area contributed by atoms with Crippen molar-refractivity contribution in [3.63, 3.8) is 0 Å². The highest BCUT2D eigenvalue weighted by atomic mass is 127. The van der Waals surface area contributed by atoms with Gasteiger partial charge in [-0.25, -0.2) is 4.39 Å². The zero-order valence-corrected chi connectivity index (χ0v) is 6.95. The zero-order chi connectivity index (χ0) is 7.44. The molecule has 0 amide bonds. The second kappa shape index (κ2) is 4.14. The molecule has 0 aromatic rings. The summed E-state index contributed by atoms with van der Waals surface area (Å²) >= 11 is 1.85. The lowest BCUT2D eigenvalue weighted by Crippen LogP contribution is -1.96. The van der Waals surface area contributed by atoms with Gasteiger partial charge in [0.1, 0.15) is 0 Å². The summed E-state index contributed by atoms with van der Waals surface area (Å²) in [5.41, 5.74) is 0. The molecule has 1 atom stereocenters. The molecule has 0 fully saturated rings. The van der Waals surface area contributed by atoms with E-state index in [-0.39, 0.29) is 0 Å². The second-order valence-electron chi connectivity index (χ2n) is 1.66. The standard InChI is InChI=1S/C5H6F3I/c1-3(2-9)4(6)5(7)8/h3H,2H2,1H3. The molecule has 0 spiro atoms. The lowest BCUT2D eigenvalue weighted by atomic mass is 10.2. The minimum Gasteiger partial charge on any atom is -0.206 e. The van der Waals surface area contributed by atoms with Crippen LogP contribution in [-0.4, -0.2) is 4.43 Å². The van der Waals surface area contributed by atoms with Crippen molar-refractivity contribution in [2.75, 3.05) is 4.43 Å². The predicted molar refractivity (Wildman–Crippen MR) is 38.4 cm³/mol. The average molecular weight is 250 g/mol. The Morgan fingerprint density at radius 2 is 1.89 bits per heavy atom. The Morgan fingerprint density at radius 3 is 2.00 bits per heavy atom. The number of alkyl halides is 1. The van der Waals surface area contributed by atoms with Gasteiger partial charge in [-0.3, -0.25) is 0 Å². The highest BCUT2D eigenvalue weighted by Crippen LogP contribution is 2.20. The summed E-state index contributed by atoms with van der Waals surface area (Å²) in [6.07, 6.45) is -2.20. The number of allylic oxidation sites excluding steroid dienone is 1. The average Bonchev–Trinajstić information content (AvgIpc) is 1.84. The lowest BCUT2D eigenvalue weighted by Gasteiger charge is -2.00. The third-order valence-corrected chi connectivity index (χ3v) is 2.17. The monoisotopic (exact) mass is 250 g/mol. The van der Waals surface area contributed by atoms with Gasteiger partial charge in [-0.1, -0.05) is 29.5 Å². The van der Waals surface area contributed by atoms with Crippen LogP contribution >= 0.6 is 22.6 Å². The Bertz CT molecular complexity index is 117. The first kappa shape index (κ1) is 9.26. The first-order chi connectivity index (χ1) is 4.09. The van der Waals surface area contributed by atoms with Crippen molar-refractivity contribution in [1.82, 2.24) is 0 Å². The van der Waals surface area contributed by atoms with E-state index in [4.69, 9.17) is 0 Å². The molecule has 0 aliphatic carbocycles. The van der Waals surface area contributed by atoms with Crippen molar-refractivity contribution in [2.24, 2.45) is 5.92 Å². The Morgan fingerprint density at radius 1 is 1.44 bits per heavy atom. The maximum Gasteiger partial charge on any atom is 0.301 e. The van der Waals surface area contributed by atoms with Crippen molar-refractivity contribution in [2.45, 2.75) is 6.92 Å². The minimum atomic E-state index is -2.20. The molecule has 9 heavy (non-hydrogen) atoms. The molecule has 0 saturated heterocycles. The van der Waals surface area contributed by atoms with Crippen molar-refractivity contribution in [3.05, 3.63) is 11.9 Å². The van der Waals surface area contributed by atoms with Crippen LogP contribution in [0.1, 0.15) is 6.92 Å². The molecule has 4 heteroatoms. The van der Waals surface area contributed by atoms with E-state index in [1.165, 1.54) is 6.92 Å². The molecule has 0 radical (unpaired) electrons. The fraction of sp³-hybridized carbons (Fsp3) is 0.600. The fourth-order valence-electron chi connectivity index (χ4n) is 0.254. The molecule has 0 N–H and O–H groups in total. The normalized spacial score (nSPS) is 13.0. The van der Waals surface area contributed by atoms with Gasteiger partial charge in [-0.2, -0.15) is 8.78 Å². The van der Waals surface area contributed by atoms with Crippen LogP contribution in [0.4, 0.5) is 13.2 Å². The van der Waals surface area contributed by atoms with Gasteiger partial charge in [0.15, 0.2) is 5.83 Å². The third kappa shape index (κ3) is 3.07. The Balaban J connectivity index is 4.02. The second-order valence-corrected chi connectivity index (χ2v) is 2.54. The molecular formula is C5H6F3I. The van der Waals surface area contributed by atoms with Gasteiger partial charge in [0.2, 0.25) is 0 Å². The van der Waals surface area contributed by atoms with E-state index in [9.17, 15) is 13.2 Å². The van der Waals surface area contributed by atoms with Crippen LogP contribution in [0, 0.1) is 5.92 Å². The van der Waals surface area contributed by atoms with Crippen molar-refractivity contribution >= 4 is 22.6 Å². The summed E-state index contributed by atoms with van der Waals surface area (Å²) in [5, 5.41) is 0. The highest BCUT2D eigenvalue weighted by molar-refractivity contribution is 14.1. The molecule has 0 rings (SSSR count). The van der Waals surface area contributed by atoms with E-state index in [0.29, 0.717) is 4.43 Å². The van der Waals surface area contributed by atoms with Gasteiger partial charge >= 0.3 is 6.08 Å². The first-order valence-corrected chi connectivity index (χ1v) is 3.88. The summed E-state index contributed by atoms with van der Waals surface area (Å²) in [6.45, 7) is 1.42. The van der Waals surface area contributed by atoms with E-state index in [1.54, 1.807) is 0 Å². The van der Waals surface area contributed by atoms with Crippen molar-refractivity contribution < 1.29 is 13.2 Å². The molecule has 54 valence electrons. The Hall–Kier alpha value is 0.260. The van der Waals surface area contributed by atoms with Gasteiger partial charge < -0.3 is 0 Å². The molecule has 0 aromatic carbocycles. The van der Waals surface area contributed by atoms with Crippen molar-refractivity contribution in [1.29, 1.82) is 0 Å². The van der Waals surface area contributed by atoms with Gasteiger partial charge in [0, 0.05) is 10.3 Å². The zero-order valence-electron chi connectivity index (χ0n) is 4.80. The van der Waals surface area contributed by atoms with Crippen LogP contribution in [0.15, 0.2) is 11.9 Å². The predicted octanol–water partition coefficient (Wildman–Crippen LogP) is 3.14. The fourth-order valence-corrected chi connectivity index (χ4v) is 0.641. The first-order valence-electron chi connectivity index (χ1n) is 2.36. The Labute approximate surface area is 65.3 Å². The summed E-state index contributed by atoms with van der Waals surface area (Å²) in [4.78, 5) is 0. The molecule has 0 bridgehead atoms. The van der Waals surface area contributed by atoms with E-state index in [0.717, 1.165) is 0 Å². The SMILES string of the molecule is CC(CI)C(F)=C(F)F. The van der Waals surface area contributed by atoms with Gasteiger partial charge in [0.05, 0.1) is 0 Å². The van der Waals surface area contributed by atoms with Gasteiger partial charge in [-0.05, 0) is 0 Å². The maximum absolute atomic E-state index is 12.0. The Kier molecular flexibility index (Phi) is 4.26. The summed E-state index contributed by atoms with van der Waals surface area (Å²) in [6, 6.07) is 0. The minimum absolute atomic E-state index is 0.376. The number of halogens is 4. The van der Waals surface area contributed by atoms with Crippen molar-refractivity contribution in [3.8, 4) is 0 Å². The molecule has 0 nitrogen and oxygen atoms in total. The molecule has 0 heterocycles. The third-order valence-electron chi connectivity index (χ3n) is 0.845. The van der Waals surface area contributed by atoms with Crippen LogP contribution in [-0.2, 0) is 0 Å². The lowest BCUT2D eigenvalue weighted by molar-refractivity contribution is 0.355. The smallest absolute Gasteiger partial charge is 0.206 e. The van der Waals surface area contributed by atoms with Crippen LogP contribution < -0.4 is 0 Å². The maximum atomic E-state index is 12.0. The quantitative estimate of drug-likeness (QED) is 0.521. The highest BCUT2D eigenvalue weighted by Gasteiger charge is 2.12. The molecule has 0 aromatic heterocycles. The van der Waals surface area contributed by atoms with Crippen LogP contribution in [0.3, 0.4) is 0 Å². The topological polar surface area (TPSA) is 0 Å². The molecule has 0 saturated carbocycles. The van der Waals surface area contributed by atoms with E-state index in [1.807, 2.05) is 22.6 Å². The van der Waals surface area contributed by atoms with Crippen LogP contribution in [0.2, 0.25) is 0 Å². The van der Waals surface area contributed by atoms with Crippen LogP contribution in [0.25, 0.3) is 0 Å². The number of hydrogen-bond acceptors (Lipinski definition) is 0. The molecule has 1 unspecified atom stereocenters.